The molecule has 0 aliphatic heterocycles. The van der Waals surface area contributed by atoms with E-state index in [9.17, 15) is 19.2 Å². The summed E-state index contributed by atoms with van der Waals surface area (Å²) in [5, 5.41) is 63.1. The van der Waals surface area contributed by atoms with Crippen molar-refractivity contribution in [1.29, 1.82) is 0 Å². The van der Waals surface area contributed by atoms with Crippen LogP contribution in [0.1, 0.15) is 27.7 Å². The van der Waals surface area contributed by atoms with E-state index < -0.39 is 48.3 Å². The molecule has 0 aromatic heterocycles. The average Bonchev–Trinajstić information content (AvgIpc) is 2.40. The first-order valence-electron chi connectivity index (χ1n) is 6.21. The zero-order valence-corrected chi connectivity index (χ0v) is 14.9. The molecule has 0 bridgehead atoms. The standard InChI is InChI=1S/4C3H6O3.Co/c4*1-2(4)3(5)6;/h4*2,4H,1H3,(H,5,6);. The molecule has 4 atom stereocenters. The van der Waals surface area contributed by atoms with Crippen molar-refractivity contribution in [2.75, 3.05) is 0 Å². The summed E-state index contributed by atoms with van der Waals surface area (Å²) < 4.78 is 0. The number of aliphatic hydroxyl groups excluding tert-OH is 4. The van der Waals surface area contributed by atoms with Gasteiger partial charge in [0.1, 0.15) is 24.4 Å². The van der Waals surface area contributed by atoms with Crippen LogP contribution in [0.2, 0.25) is 0 Å². The quantitative estimate of drug-likeness (QED) is 0.243. The fourth-order valence-corrected chi connectivity index (χ4v) is 0. The molecular weight excluding hydrogens is 395 g/mol. The molecule has 8 N–H and O–H groups in total. The second-order valence-corrected chi connectivity index (χ2v) is 4.06. The zero-order valence-electron chi connectivity index (χ0n) is 13.9. The van der Waals surface area contributed by atoms with Gasteiger partial charge in [0.2, 0.25) is 0 Å². The third kappa shape index (κ3) is 44.9. The molecular formula is C12H24CoO12. The summed E-state index contributed by atoms with van der Waals surface area (Å²) in [6, 6.07) is 0. The molecule has 0 heterocycles. The van der Waals surface area contributed by atoms with Crippen molar-refractivity contribution in [3.63, 3.8) is 0 Å². The van der Waals surface area contributed by atoms with E-state index in [-0.39, 0.29) is 16.8 Å². The number of rotatable bonds is 4. The van der Waals surface area contributed by atoms with E-state index in [4.69, 9.17) is 40.9 Å². The molecule has 0 fully saturated rings. The average molecular weight is 419 g/mol. The fraction of sp³-hybridized carbons (Fsp3) is 0.667. The third-order valence-corrected chi connectivity index (χ3v) is 1.43. The van der Waals surface area contributed by atoms with Crippen molar-refractivity contribution in [2.45, 2.75) is 52.1 Å². The van der Waals surface area contributed by atoms with Crippen LogP contribution >= 0.6 is 0 Å². The van der Waals surface area contributed by atoms with Crippen LogP contribution in [0.3, 0.4) is 0 Å². The van der Waals surface area contributed by atoms with Crippen LogP contribution in [0.15, 0.2) is 0 Å². The van der Waals surface area contributed by atoms with Crippen molar-refractivity contribution in [3.05, 3.63) is 0 Å². The second-order valence-electron chi connectivity index (χ2n) is 4.06. The Morgan fingerprint density at radius 3 is 0.520 bits per heavy atom. The van der Waals surface area contributed by atoms with Gasteiger partial charge in [0.05, 0.1) is 0 Å². The summed E-state index contributed by atoms with van der Waals surface area (Å²) in [5.74, 6) is -4.74. The number of hydrogen-bond donors (Lipinski definition) is 8. The SMILES string of the molecule is CC(O)C(=O)O.CC(O)C(=O)O.CC(O)C(=O)O.CC(O)C(=O)O.[Co]. The molecule has 0 saturated carbocycles. The molecule has 153 valence electrons. The number of carbonyl (C=O) groups is 4. The molecule has 0 aromatic carbocycles. The van der Waals surface area contributed by atoms with Gasteiger partial charge in [-0.25, -0.2) is 19.2 Å². The van der Waals surface area contributed by atoms with Gasteiger partial charge < -0.3 is 40.9 Å². The van der Waals surface area contributed by atoms with E-state index in [0.29, 0.717) is 0 Å². The number of aliphatic hydroxyl groups is 4. The molecule has 0 aliphatic rings. The van der Waals surface area contributed by atoms with Gasteiger partial charge in [-0.15, -0.1) is 0 Å². The van der Waals surface area contributed by atoms with Gasteiger partial charge in [-0.1, -0.05) is 0 Å². The van der Waals surface area contributed by atoms with Gasteiger partial charge in [-0.05, 0) is 27.7 Å². The Balaban J connectivity index is -0.0000000702. The summed E-state index contributed by atoms with van der Waals surface area (Å²) in [7, 11) is 0. The van der Waals surface area contributed by atoms with E-state index in [0.717, 1.165) is 0 Å². The van der Waals surface area contributed by atoms with Gasteiger partial charge in [-0.3, -0.25) is 0 Å². The van der Waals surface area contributed by atoms with Gasteiger partial charge in [0.25, 0.3) is 0 Å². The predicted octanol–water partition coefficient (Wildman–Crippen LogP) is -2.20. The fourth-order valence-electron chi connectivity index (χ4n) is 0. The topological polar surface area (TPSA) is 230 Å². The maximum Gasteiger partial charge on any atom is 0.332 e. The number of hydrogen-bond acceptors (Lipinski definition) is 8. The molecule has 12 nitrogen and oxygen atoms in total. The van der Waals surface area contributed by atoms with Crippen LogP contribution in [-0.4, -0.2) is 89.1 Å². The Hall–Kier alpha value is -1.77. The molecule has 25 heavy (non-hydrogen) atoms. The largest absolute Gasteiger partial charge is 0.479 e. The summed E-state index contributed by atoms with van der Waals surface area (Å²) in [6.45, 7) is 4.79. The summed E-state index contributed by atoms with van der Waals surface area (Å²) >= 11 is 0. The van der Waals surface area contributed by atoms with Crippen molar-refractivity contribution in [3.8, 4) is 0 Å². The Morgan fingerprint density at radius 1 is 0.480 bits per heavy atom. The van der Waals surface area contributed by atoms with Crippen molar-refractivity contribution >= 4 is 23.9 Å². The number of aliphatic carboxylic acids is 4. The van der Waals surface area contributed by atoms with E-state index >= 15 is 0 Å². The van der Waals surface area contributed by atoms with Crippen molar-refractivity contribution in [1.82, 2.24) is 0 Å². The van der Waals surface area contributed by atoms with Crippen LogP contribution < -0.4 is 0 Å². The first-order chi connectivity index (χ1) is 10.6. The summed E-state index contributed by atoms with van der Waals surface area (Å²) in [4.78, 5) is 37.8. The summed E-state index contributed by atoms with van der Waals surface area (Å²) in [5.41, 5.74) is 0. The van der Waals surface area contributed by atoms with E-state index in [1.807, 2.05) is 0 Å². The Labute approximate surface area is 153 Å². The van der Waals surface area contributed by atoms with Crippen molar-refractivity contribution in [2.24, 2.45) is 0 Å². The van der Waals surface area contributed by atoms with E-state index in [2.05, 4.69) is 0 Å². The molecule has 13 heteroatoms. The normalized spacial score (nSPS) is 13.1. The third-order valence-electron chi connectivity index (χ3n) is 1.43. The Kier molecular flexibility index (Phi) is 28.0. The number of carboxylic acid groups (broad SMARTS) is 4. The number of carboxylic acids is 4. The zero-order chi connectivity index (χ0) is 20.6. The van der Waals surface area contributed by atoms with E-state index in [1.165, 1.54) is 27.7 Å². The van der Waals surface area contributed by atoms with Crippen LogP contribution in [0.4, 0.5) is 0 Å². The van der Waals surface area contributed by atoms with Gasteiger partial charge >= 0.3 is 23.9 Å². The molecule has 0 saturated heterocycles. The van der Waals surface area contributed by atoms with Gasteiger partial charge in [0, 0.05) is 16.8 Å². The molecule has 1 radical (unpaired) electrons. The molecule has 4 unspecified atom stereocenters. The minimum absolute atomic E-state index is 0. The molecule has 0 spiro atoms. The molecule has 0 amide bonds. The van der Waals surface area contributed by atoms with Gasteiger partial charge in [0.15, 0.2) is 0 Å². The maximum absolute atomic E-state index is 9.45. The van der Waals surface area contributed by atoms with Crippen LogP contribution in [0.25, 0.3) is 0 Å². The van der Waals surface area contributed by atoms with Gasteiger partial charge in [-0.2, -0.15) is 0 Å². The molecule has 0 aromatic rings. The smallest absolute Gasteiger partial charge is 0.332 e. The monoisotopic (exact) mass is 419 g/mol. The molecule has 0 aliphatic carbocycles. The summed E-state index contributed by atoms with van der Waals surface area (Å²) in [6.07, 6.45) is -4.93. The minimum atomic E-state index is -1.23. The van der Waals surface area contributed by atoms with Crippen LogP contribution in [0, 0.1) is 0 Å². The maximum atomic E-state index is 9.45. The first-order valence-corrected chi connectivity index (χ1v) is 6.21. The Bertz CT molecular complexity index is 306. The first kappa shape index (κ1) is 34.5. The minimum Gasteiger partial charge on any atom is -0.479 e. The van der Waals surface area contributed by atoms with E-state index in [1.54, 1.807) is 0 Å². The predicted molar refractivity (Wildman–Crippen MR) is 77.3 cm³/mol. The van der Waals surface area contributed by atoms with Crippen LogP contribution in [-0.2, 0) is 36.0 Å². The molecule has 0 rings (SSSR count). The Morgan fingerprint density at radius 2 is 0.520 bits per heavy atom. The second kappa shape index (κ2) is 20.3. The van der Waals surface area contributed by atoms with Crippen LogP contribution in [0.5, 0.6) is 0 Å². The van der Waals surface area contributed by atoms with Crippen molar-refractivity contribution < 1.29 is 76.8 Å².